The van der Waals surface area contributed by atoms with Crippen LogP contribution in [0.1, 0.15) is 6.92 Å². The maximum atomic E-state index is 13.8. The van der Waals surface area contributed by atoms with Crippen molar-refractivity contribution in [2.24, 2.45) is 0 Å². The van der Waals surface area contributed by atoms with E-state index in [1.54, 1.807) is 6.07 Å². The molecule has 0 unspecified atom stereocenters. The third kappa shape index (κ3) is 3.50. The molecule has 3 aromatic rings. The Labute approximate surface area is 156 Å². The van der Waals surface area contributed by atoms with Gasteiger partial charge in [0, 0.05) is 49.6 Å². The normalized spacial score (nSPS) is 17.3. The molecule has 1 atom stereocenters. The summed E-state index contributed by atoms with van der Waals surface area (Å²) in [6.07, 6.45) is 1.82. The molecule has 140 valence electrons. The van der Waals surface area contributed by atoms with Gasteiger partial charge in [-0.1, -0.05) is 0 Å². The van der Waals surface area contributed by atoms with Crippen molar-refractivity contribution in [2.75, 3.05) is 31.6 Å². The van der Waals surface area contributed by atoms with E-state index in [4.69, 9.17) is 4.74 Å². The molecular weight excluding hydrogens is 347 g/mol. The molecule has 0 aliphatic carbocycles. The van der Waals surface area contributed by atoms with E-state index < -0.39 is 5.82 Å². The SMILES string of the molecule is COc1cc(F)cc(-c2cc(=O)n3cc(N4CCN[C@@H](C)C4)ccc3n2)c1. The van der Waals surface area contributed by atoms with Crippen molar-refractivity contribution in [2.45, 2.75) is 13.0 Å². The van der Waals surface area contributed by atoms with E-state index in [-0.39, 0.29) is 5.56 Å². The second-order valence-electron chi connectivity index (χ2n) is 6.78. The van der Waals surface area contributed by atoms with Gasteiger partial charge in [0.1, 0.15) is 17.2 Å². The highest BCUT2D eigenvalue weighted by molar-refractivity contribution is 5.64. The minimum absolute atomic E-state index is 0.205. The van der Waals surface area contributed by atoms with Crippen LogP contribution in [0.5, 0.6) is 5.75 Å². The average Bonchev–Trinajstić information content (AvgIpc) is 2.67. The van der Waals surface area contributed by atoms with Gasteiger partial charge in [0.15, 0.2) is 0 Å². The average molecular weight is 368 g/mol. The Bertz CT molecular complexity index is 1050. The van der Waals surface area contributed by atoms with Gasteiger partial charge >= 0.3 is 0 Å². The Morgan fingerprint density at radius 3 is 2.89 bits per heavy atom. The Morgan fingerprint density at radius 2 is 2.11 bits per heavy atom. The summed E-state index contributed by atoms with van der Waals surface area (Å²) in [5.41, 5.74) is 2.23. The summed E-state index contributed by atoms with van der Waals surface area (Å²) in [5, 5.41) is 3.41. The number of halogens is 1. The monoisotopic (exact) mass is 368 g/mol. The Kier molecular flexibility index (Phi) is 4.53. The van der Waals surface area contributed by atoms with Gasteiger partial charge in [-0.2, -0.15) is 0 Å². The maximum Gasteiger partial charge on any atom is 0.258 e. The van der Waals surface area contributed by atoms with Crippen LogP contribution in [0.4, 0.5) is 10.1 Å². The first-order chi connectivity index (χ1) is 13.0. The summed E-state index contributed by atoms with van der Waals surface area (Å²) in [7, 11) is 1.47. The fraction of sp³-hybridized carbons (Fsp3) is 0.300. The zero-order valence-electron chi connectivity index (χ0n) is 15.3. The predicted octanol–water partition coefficient (Wildman–Crippen LogP) is 2.31. The van der Waals surface area contributed by atoms with Crippen LogP contribution in [0.2, 0.25) is 0 Å². The van der Waals surface area contributed by atoms with Crippen molar-refractivity contribution in [1.29, 1.82) is 0 Å². The highest BCUT2D eigenvalue weighted by Crippen LogP contribution is 2.24. The van der Waals surface area contributed by atoms with Gasteiger partial charge in [-0.05, 0) is 31.2 Å². The van der Waals surface area contributed by atoms with E-state index in [1.807, 2.05) is 18.3 Å². The molecule has 0 amide bonds. The molecule has 0 radical (unpaired) electrons. The number of aromatic nitrogens is 2. The van der Waals surface area contributed by atoms with Crippen LogP contribution in [0.15, 0.2) is 47.4 Å². The van der Waals surface area contributed by atoms with Gasteiger partial charge in [-0.15, -0.1) is 0 Å². The number of hydrogen-bond donors (Lipinski definition) is 1. The summed E-state index contributed by atoms with van der Waals surface area (Å²) in [5.74, 6) is -0.0512. The lowest BCUT2D eigenvalue weighted by molar-refractivity contribution is 0.411. The van der Waals surface area contributed by atoms with E-state index in [2.05, 4.69) is 22.1 Å². The lowest BCUT2D eigenvalue weighted by Crippen LogP contribution is -2.49. The number of nitrogens with one attached hydrogen (secondary N) is 1. The van der Waals surface area contributed by atoms with Crippen LogP contribution in [-0.2, 0) is 0 Å². The summed E-state index contributed by atoms with van der Waals surface area (Å²) < 4.78 is 20.4. The van der Waals surface area contributed by atoms with Crippen LogP contribution >= 0.6 is 0 Å². The number of piperazine rings is 1. The largest absolute Gasteiger partial charge is 0.497 e. The zero-order chi connectivity index (χ0) is 19.0. The number of fused-ring (bicyclic) bond motifs is 1. The van der Waals surface area contributed by atoms with Crippen LogP contribution in [0.25, 0.3) is 16.9 Å². The summed E-state index contributed by atoms with van der Waals surface area (Å²) in [6.45, 7) is 4.82. The number of pyridine rings is 1. The molecular formula is C20H21FN4O2. The number of nitrogens with zero attached hydrogens (tertiary/aromatic N) is 3. The van der Waals surface area contributed by atoms with Gasteiger partial charge < -0.3 is 15.0 Å². The first kappa shape index (κ1) is 17.5. The number of hydrogen-bond acceptors (Lipinski definition) is 5. The first-order valence-corrected chi connectivity index (χ1v) is 8.90. The zero-order valence-corrected chi connectivity index (χ0v) is 15.3. The van der Waals surface area contributed by atoms with Crippen molar-refractivity contribution >= 4 is 11.3 Å². The molecule has 0 spiro atoms. The number of benzene rings is 1. The van der Waals surface area contributed by atoms with Gasteiger partial charge in [0.05, 0.1) is 18.5 Å². The highest BCUT2D eigenvalue weighted by Gasteiger charge is 2.17. The Balaban J connectivity index is 1.76. The first-order valence-electron chi connectivity index (χ1n) is 8.90. The van der Waals surface area contributed by atoms with Crippen LogP contribution in [0, 0.1) is 5.82 Å². The molecule has 2 aromatic heterocycles. The quantitative estimate of drug-likeness (QED) is 0.769. The minimum atomic E-state index is -0.436. The number of ether oxygens (including phenoxy) is 1. The summed E-state index contributed by atoms with van der Waals surface area (Å²) in [4.78, 5) is 19.5. The van der Waals surface area contributed by atoms with Gasteiger partial charge in [0.25, 0.3) is 5.56 Å². The predicted molar refractivity (Wildman–Crippen MR) is 103 cm³/mol. The lowest BCUT2D eigenvalue weighted by atomic mass is 10.1. The molecule has 4 rings (SSSR count). The number of methoxy groups -OCH3 is 1. The molecule has 1 N–H and O–H groups in total. The van der Waals surface area contributed by atoms with Gasteiger partial charge in [0.2, 0.25) is 0 Å². The van der Waals surface area contributed by atoms with Crippen LogP contribution in [0.3, 0.4) is 0 Å². The topological polar surface area (TPSA) is 58.9 Å². The summed E-state index contributed by atoms with van der Waals surface area (Å²) >= 11 is 0. The lowest BCUT2D eigenvalue weighted by Gasteiger charge is -2.33. The van der Waals surface area contributed by atoms with Crippen molar-refractivity contribution in [3.05, 3.63) is 58.8 Å². The van der Waals surface area contributed by atoms with Crippen LogP contribution in [-0.4, -0.2) is 42.2 Å². The van der Waals surface area contributed by atoms with E-state index in [1.165, 1.54) is 29.7 Å². The Hall–Kier alpha value is -2.93. The third-order valence-corrected chi connectivity index (χ3v) is 4.78. The van der Waals surface area contributed by atoms with E-state index in [0.29, 0.717) is 28.7 Å². The fourth-order valence-electron chi connectivity index (χ4n) is 3.42. The second kappa shape index (κ2) is 7.00. The number of rotatable bonds is 3. The molecule has 3 heterocycles. The van der Waals surface area contributed by atoms with Crippen molar-refractivity contribution in [3.8, 4) is 17.0 Å². The maximum absolute atomic E-state index is 13.8. The third-order valence-electron chi connectivity index (χ3n) is 4.78. The molecule has 0 bridgehead atoms. The molecule has 1 aromatic carbocycles. The molecule has 7 heteroatoms. The van der Waals surface area contributed by atoms with E-state index >= 15 is 0 Å². The molecule has 1 fully saturated rings. The number of anilines is 1. The van der Waals surface area contributed by atoms with E-state index in [0.717, 1.165) is 25.3 Å². The van der Waals surface area contributed by atoms with Crippen LogP contribution < -0.4 is 20.5 Å². The highest BCUT2D eigenvalue weighted by atomic mass is 19.1. The van der Waals surface area contributed by atoms with Crippen molar-refractivity contribution in [1.82, 2.24) is 14.7 Å². The Morgan fingerprint density at radius 1 is 1.26 bits per heavy atom. The molecule has 6 nitrogen and oxygen atoms in total. The molecule has 27 heavy (non-hydrogen) atoms. The molecule has 1 saturated heterocycles. The summed E-state index contributed by atoms with van der Waals surface area (Å²) in [6, 6.07) is 9.91. The van der Waals surface area contributed by atoms with Gasteiger partial charge in [-0.25, -0.2) is 9.37 Å². The minimum Gasteiger partial charge on any atom is -0.497 e. The second-order valence-corrected chi connectivity index (χ2v) is 6.78. The van der Waals surface area contributed by atoms with E-state index in [9.17, 15) is 9.18 Å². The molecule has 1 aliphatic heterocycles. The van der Waals surface area contributed by atoms with Gasteiger partial charge in [-0.3, -0.25) is 9.20 Å². The standard InChI is InChI=1S/C20H21FN4O2/c1-13-11-24(6-5-22-13)16-3-4-19-23-18(10-20(26)25(19)12-16)14-7-15(21)9-17(8-14)27-2/h3-4,7-10,12-13,22H,5-6,11H2,1-2H3/t13-/m0/s1. The molecule has 0 saturated carbocycles. The fourth-order valence-corrected chi connectivity index (χ4v) is 3.42. The van der Waals surface area contributed by atoms with Crippen molar-refractivity contribution in [3.63, 3.8) is 0 Å². The molecule has 1 aliphatic rings. The van der Waals surface area contributed by atoms with Crippen molar-refractivity contribution < 1.29 is 9.13 Å². The smallest absolute Gasteiger partial charge is 0.258 e.